The second-order valence-corrected chi connectivity index (χ2v) is 16.8. The Hall–Kier alpha value is -8.26. The molecule has 7 heteroatoms. The SMILES string of the molecule is c1ccc(-c2cccc(-c3nc(-c4cccc(-c5cccc6oc7ccccc7c56)c4)nc(-c4ccc5ccc6sc7ccc8nc(-c9ccccc9)oc8c7c6c5c4)n3)c2)cc1. The van der Waals surface area contributed by atoms with E-state index < -0.39 is 0 Å². The van der Waals surface area contributed by atoms with Crippen molar-refractivity contribution in [2.24, 2.45) is 0 Å². The van der Waals surface area contributed by atoms with Gasteiger partial charge in [-0.2, -0.15) is 0 Å². The molecule has 9 aromatic carbocycles. The fraction of sp³-hybridized carbons (Fsp3) is 0. The molecule has 6 nitrogen and oxygen atoms in total. The van der Waals surface area contributed by atoms with E-state index in [1.165, 1.54) is 4.70 Å². The first kappa shape index (κ1) is 35.5. The van der Waals surface area contributed by atoms with Gasteiger partial charge in [0.25, 0.3) is 0 Å². The highest BCUT2D eigenvalue weighted by Gasteiger charge is 2.20. The van der Waals surface area contributed by atoms with E-state index in [1.54, 1.807) is 11.3 Å². The molecular weight excluding hydrogens is 793 g/mol. The van der Waals surface area contributed by atoms with Crippen LogP contribution in [-0.2, 0) is 0 Å². The van der Waals surface area contributed by atoms with Gasteiger partial charge in [0, 0.05) is 53.2 Å². The molecule has 63 heavy (non-hydrogen) atoms. The first-order chi connectivity index (χ1) is 31.2. The van der Waals surface area contributed by atoms with Crippen molar-refractivity contribution in [3.63, 3.8) is 0 Å². The Balaban J connectivity index is 1.01. The lowest BCUT2D eigenvalue weighted by Crippen LogP contribution is -2.00. The molecule has 0 amide bonds. The van der Waals surface area contributed by atoms with Crippen molar-refractivity contribution >= 4 is 75.3 Å². The summed E-state index contributed by atoms with van der Waals surface area (Å²) in [5.41, 5.74) is 11.3. The highest BCUT2D eigenvalue weighted by atomic mass is 32.1. The Labute approximate surface area is 364 Å². The van der Waals surface area contributed by atoms with Gasteiger partial charge in [0.1, 0.15) is 16.7 Å². The second kappa shape index (κ2) is 14.2. The highest BCUT2D eigenvalue weighted by Crippen LogP contribution is 2.44. The lowest BCUT2D eigenvalue weighted by Gasteiger charge is -2.11. The molecular formula is C56H32N4O2S. The molecule has 13 aromatic rings. The summed E-state index contributed by atoms with van der Waals surface area (Å²) in [6, 6.07) is 66.9. The number of para-hydroxylation sites is 1. The average Bonchev–Trinajstić information content (AvgIpc) is 4.08. The molecule has 0 aliphatic carbocycles. The van der Waals surface area contributed by atoms with Crippen LogP contribution in [-0.4, -0.2) is 19.9 Å². The van der Waals surface area contributed by atoms with Gasteiger partial charge < -0.3 is 8.83 Å². The summed E-state index contributed by atoms with van der Waals surface area (Å²) in [5, 5.41) is 6.58. The molecule has 0 fully saturated rings. The molecule has 4 aromatic heterocycles. The zero-order valence-corrected chi connectivity index (χ0v) is 34.3. The second-order valence-electron chi connectivity index (χ2n) is 15.8. The molecule has 0 aliphatic heterocycles. The first-order valence-electron chi connectivity index (χ1n) is 20.9. The van der Waals surface area contributed by atoms with Crippen molar-refractivity contribution in [3.05, 3.63) is 194 Å². The van der Waals surface area contributed by atoms with Gasteiger partial charge in [-0.3, -0.25) is 0 Å². The highest BCUT2D eigenvalue weighted by molar-refractivity contribution is 7.26. The summed E-state index contributed by atoms with van der Waals surface area (Å²) in [5.74, 6) is 2.38. The van der Waals surface area contributed by atoms with E-state index in [9.17, 15) is 0 Å². The quantitative estimate of drug-likeness (QED) is 0.166. The molecule has 0 saturated heterocycles. The zero-order valence-electron chi connectivity index (χ0n) is 33.5. The predicted octanol–water partition coefficient (Wildman–Crippen LogP) is 15.4. The van der Waals surface area contributed by atoms with E-state index in [1.807, 2.05) is 54.6 Å². The molecule has 0 atom stereocenters. The molecule has 0 spiro atoms. The zero-order chi connectivity index (χ0) is 41.4. The van der Waals surface area contributed by atoms with Crippen molar-refractivity contribution in [1.29, 1.82) is 0 Å². The van der Waals surface area contributed by atoms with E-state index in [0.29, 0.717) is 23.4 Å². The molecule has 4 heterocycles. The standard InChI is InChI=1S/C56H32N4O2S/c1-3-12-33(13-4-1)36-16-9-18-38(30-36)53-58-54(39-19-10-17-37(31-39)41-21-11-23-46-49(41)42-20-7-8-22-45(42)61-46)60-55(59-53)40-25-24-34-26-28-47-50(43(34)32-40)51-48(63-47)29-27-44-52(51)62-56(57-44)35-14-5-2-6-15-35/h1-32H. The lowest BCUT2D eigenvalue weighted by molar-refractivity contribution is 0.623. The van der Waals surface area contributed by atoms with Gasteiger partial charge in [-0.1, -0.05) is 133 Å². The Kier molecular flexibility index (Phi) is 7.98. The number of aromatic nitrogens is 4. The van der Waals surface area contributed by atoms with Crippen molar-refractivity contribution < 1.29 is 8.83 Å². The van der Waals surface area contributed by atoms with Crippen LogP contribution >= 0.6 is 11.3 Å². The van der Waals surface area contributed by atoms with Crippen LogP contribution in [0.3, 0.4) is 0 Å². The average molecular weight is 825 g/mol. The lowest BCUT2D eigenvalue weighted by atomic mass is 9.97. The Morgan fingerprint density at radius 1 is 0.349 bits per heavy atom. The van der Waals surface area contributed by atoms with Gasteiger partial charge >= 0.3 is 0 Å². The van der Waals surface area contributed by atoms with Crippen LogP contribution in [0.25, 0.3) is 132 Å². The van der Waals surface area contributed by atoms with Crippen molar-refractivity contribution in [2.75, 3.05) is 0 Å². The van der Waals surface area contributed by atoms with Gasteiger partial charge in [0.2, 0.25) is 5.89 Å². The van der Waals surface area contributed by atoms with Crippen LogP contribution in [0.2, 0.25) is 0 Å². The van der Waals surface area contributed by atoms with Crippen LogP contribution in [0.1, 0.15) is 0 Å². The van der Waals surface area contributed by atoms with Crippen LogP contribution < -0.4 is 0 Å². The van der Waals surface area contributed by atoms with E-state index in [4.69, 9.17) is 28.8 Å². The molecule has 0 unspecified atom stereocenters. The molecule has 0 radical (unpaired) electrons. The van der Waals surface area contributed by atoms with Gasteiger partial charge in [-0.05, 0) is 93.7 Å². The van der Waals surface area contributed by atoms with Crippen LogP contribution in [0, 0.1) is 0 Å². The van der Waals surface area contributed by atoms with E-state index >= 15 is 0 Å². The minimum Gasteiger partial charge on any atom is -0.456 e. The summed E-state index contributed by atoms with van der Waals surface area (Å²) >= 11 is 1.76. The summed E-state index contributed by atoms with van der Waals surface area (Å²) in [6.07, 6.45) is 0. The topological polar surface area (TPSA) is 77.8 Å². The molecule has 0 aliphatic rings. The molecule has 0 bridgehead atoms. The molecule has 0 saturated carbocycles. The number of rotatable bonds is 6. The van der Waals surface area contributed by atoms with Gasteiger partial charge in [0.05, 0.1) is 0 Å². The Morgan fingerprint density at radius 2 is 0.937 bits per heavy atom. The number of benzene rings is 9. The number of furan rings is 1. The fourth-order valence-corrected chi connectivity index (χ4v) is 10.1. The number of thiophene rings is 1. The normalized spacial score (nSPS) is 11.8. The predicted molar refractivity (Wildman–Crippen MR) is 258 cm³/mol. The molecule has 294 valence electrons. The maximum Gasteiger partial charge on any atom is 0.227 e. The third-order valence-corrected chi connectivity index (χ3v) is 13.1. The number of hydrogen-bond acceptors (Lipinski definition) is 7. The molecule has 0 N–H and O–H groups in total. The minimum atomic E-state index is 0.585. The van der Waals surface area contributed by atoms with Crippen molar-refractivity contribution in [2.45, 2.75) is 0 Å². The van der Waals surface area contributed by atoms with E-state index in [-0.39, 0.29) is 0 Å². The summed E-state index contributed by atoms with van der Waals surface area (Å²) in [7, 11) is 0. The van der Waals surface area contributed by atoms with Crippen molar-refractivity contribution in [3.8, 4) is 67.9 Å². The maximum absolute atomic E-state index is 6.61. The van der Waals surface area contributed by atoms with E-state index in [2.05, 4.69) is 140 Å². The summed E-state index contributed by atoms with van der Waals surface area (Å²) < 4.78 is 15.2. The molecule has 13 rings (SSSR count). The third-order valence-electron chi connectivity index (χ3n) is 11.9. The van der Waals surface area contributed by atoms with Crippen molar-refractivity contribution in [1.82, 2.24) is 19.9 Å². The van der Waals surface area contributed by atoms with Crippen LogP contribution in [0.4, 0.5) is 0 Å². The number of hydrogen-bond donors (Lipinski definition) is 0. The summed E-state index contributed by atoms with van der Waals surface area (Å²) in [4.78, 5) is 20.7. The Bertz CT molecular complexity index is 3930. The van der Waals surface area contributed by atoms with Gasteiger partial charge in [-0.25, -0.2) is 19.9 Å². The Morgan fingerprint density at radius 3 is 1.73 bits per heavy atom. The monoisotopic (exact) mass is 824 g/mol. The maximum atomic E-state index is 6.61. The minimum absolute atomic E-state index is 0.585. The van der Waals surface area contributed by atoms with Gasteiger partial charge in [0.15, 0.2) is 23.1 Å². The number of nitrogens with zero attached hydrogens (tertiary/aromatic N) is 4. The fourth-order valence-electron chi connectivity index (χ4n) is 8.97. The number of oxazole rings is 1. The third kappa shape index (κ3) is 5.93. The summed E-state index contributed by atoms with van der Waals surface area (Å²) in [6.45, 7) is 0. The van der Waals surface area contributed by atoms with E-state index in [0.717, 1.165) is 104 Å². The smallest absolute Gasteiger partial charge is 0.227 e. The number of fused-ring (bicyclic) bond motifs is 10. The first-order valence-corrected chi connectivity index (χ1v) is 21.7. The van der Waals surface area contributed by atoms with Crippen LogP contribution in [0.15, 0.2) is 203 Å². The van der Waals surface area contributed by atoms with Crippen LogP contribution in [0.5, 0.6) is 0 Å². The van der Waals surface area contributed by atoms with Gasteiger partial charge in [-0.15, -0.1) is 11.3 Å². The largest absolute Gasteiger partial charge is 0.456 e.